The molecule has 0 aliphatic heterocycles. The molecule has 1 rings (SSSR count). The first-order valence-corrected chi connectivity index (χ1v) is 5.12. The lowest BCUT2D eigenvalue weighted by Gasteiger charge is -2.05. The number of nitro groups is 1. The van der Waals surface area contributed by atoms with Crippen LogP contribution in [-0.2, 0) is 9.59 Å². The summed E-state index contributed by atoms with van der Waals surface area (Å²) in [5.74, 6) is -0.814. The zero-order valence-corrected chi connectivity index (χ0v) is 9.37. The predicted molar refractivity (Wildman–Crippen MR) is 61.6 cm³/mol. The molecule has 1 atom stereocenters. The van der Waals surface area contributed by atoms with E-state index in [9.17, 15) is 19.7 Å². The fraction of sp³-hybridized carbons (Fsp3) is 0.273. The molecule has 1 aromatic carbocycles. The van der Waals surface area contributed by atoms with Gasteiger partial charge in [-0.15, -0.1) is 0 Å². The number of para-hydroxylation sites is 2. The standard InChI is InChI=1S/C11H11N2O5/c12-8(7-14)5-6-11(15)18-10-4-2-1-3-9(10)13(16)17/h1-4,8H,5-6,12H2/t8-/m0/s1. The molecule has 0 aliphatic carbocycles. The van der Waals surface area contributed by atoms with Crippen LogP contribution in [0.1, 0.15) is 12.8 Å². The molecule has 1 radical (unpaired) electrons. The van der Waals surface area contributed by atoms with Crippen molar-refractivity contribution in [3.63, 3.8) is 0 Å². The number of hydrogen-bond acceptors (Lipinski definition) is 6. The van der Waals surface area contributed by atoms with E-state index in [1.54, 1.807) is 0 Å². The van der Waals surface area contributed by atoms with Gasteiger partial charge in [0, 0.05) is 12.5 Å². The average Bonchev–Trinajstić information content (AvgIpc) is 2.36. The Bertz CT molecular complexity index is 461. The minimum absolute atomic E-state index is 0.0863. The highest BCUT2D eigenvalue weighted by Gasteiger charge is 2.17. The van der Waals surface area contributed by atoms with Gasteiger partial charge in [-0.1, -0.05) is 12.1 Å². The summed E-state index contributed by atoms with van der Waals surface area (Å²) in [4.78, 5) is 31.5. The second kappa shape index (κ2) is 6.45. The zero-order chi connectivity index (χ0) is 13.5. The van der Waals surface area contributed by atoms with Gasteiger partial charge in [0.2, 0.25) is 12.0 Å². The SMILES string of the molecule is N[C@H]([C]=O)CCC(=O)Oc1ccccc1[N+](=O)[O-]. The molecule has 18 heavy (non-hydrogen) atoms. The Hall–Kier alpha value is -2.28. The van der Waals surface area contributed by atoms with Crippen LogP contribution in [0.5, 0.6) is 5.75 Å². The van der Waals surface area contributed by atoms with Gasteiger partial charge in [0.15, 0.2) is 0 Å². The second-order valence-corrected chi connectivity index (χ2v) is 3.46. The Morgan fingerprint density at radius 1 is 1.50 bits per heavy atom. The topological polar surface area (TPSA) is 113 Å². The van der Waals surface area contributed by atoms with Crippen LogP contribution < -0.4 is 10.5 Å². The third-order valence-electron chi connectivity index (χ3n) is 2.10. The molecule has 7 heteroatoms. The van der Waals surface area contributed by atoms with E-state index in [4.69, 9.17) is 10.5 Å². The first-order valence-electron chi connectivity index (χ1n) is 5.12. The van der Waals surface area contributed by atoms with Crippen LogP contribution in [0.3, 0.4) is 0 Å². The van der Waals surface area contributed by atoms with Gasteiger partial charge in [0.25, 0.3) is 0 Å². The number of carbonyl (C=O) groups excluding carboxylic acids is 2. The van der Waals surface area contributed by atoms with Crippen molar-refractivity contribution in [2.24, 2.45) is 5.73 Å². The lowest BCUT2D eigenvalue weighted by Crippen LogP contribution is -2.23. The van der Waals surface area contributed by atoms with Crippen LogP contribution in [0.4, 0.5) is 5.69 Å². The van der Waals surface area contributed by atoms with Crippen LogP contribution in [0, 0.1) is 10.1 Å². The highest BCUT2D eigenvalue weighted by atomic mass is 16.6. The van der Waals surface area contributed by atoms with Crippen molar-refractivity contribution >= 4 is 17.9 Å². The van der Waals surface area contributed by atoms with Gasteiger partial charge in [0.05, 0.1) is 11.0 Å². The molecule has 0 aliphatic rings. The molecule has 0 fully saturated rings. The van der Waals surface area contributed by atoms with Crippen molar-refractivity contribution < 1.29 is 19.2 Å². The molecule has 95 valence electrons. The molecule has 0 saturated heterocycles. The molecule has 0 heterocycles. The molecule has 0 aromatic heterocycles. The molecule has 0 unspecified atom stereocenters. The van der Waals surface area contributed by atoms with Crippen LogP contribution >= 0.6 is 0 Å². The van der Waals surface area contributed by atoms with E-state index < -0.39 is 16.9 Å². The minimum Gasteiger partial charge on any atom is -0.419 e. The number of rotatable bonds is 6. The molecule has 0 spiro atoms. The molecule has 0 bridgehead atoms. The number of carbonyl (C=O) groups is 1. The van der Waals surface area contributed by atoms with Crippen molar-refractivity contribution in [2.75, 3.05) is 0 Å². The molecule has 0 saturated carbocycles. The summed E-state index contributed by atoms with van der Waals surface area (Å²) in [5.41, 5.74) is 4.96. The van der Waals surface area contributed by atoms with Crippen molar-refractivity contribution in [3.05, 3.63) is 34.4 Å². The summed E-state index contributed by atoms with van der Waals surface area (Å²) in [7, 11) is 0. The summed E-state index contributed by atoms with van der Waals surface area (Å²) in [5, 5.41) is 10.7. The van der Waals surface area contributed by atoms with Crippen LogP contribution in [0.2, 0.25) is 0 Å². The molecule has 1 aromatic rings. The zero-order valence-electron chi connectivity index (χ0n) is 9.37. The lowest BCUT2D eigenvalue weighted by molar-refractivity contribution is -0.385. The van der Waals surface area contributed by atoms with E-state index in [1.807, 2.05) is 0 Å². The smallest absolute Gasteiger partial charge is 0.311 e. The van der Waals surface area contributed by atoms with Crippen LogP contribution in [0.25, 0.3) is 0 Å². The van der Waals surface area contributed by atoms with Gasteiger partial charge in [0.1, 0.15) is 0 Å². The number of esters is 1. The highest BCUT2D eigenvalue weighted by Crippen LogP contribution is 2.26. The maximum atomic E-state index is 11.4. The lowest BCUT2D eigenvalue weighted by atomic mass is 10.2. The Labute approximate surface area is 103 Å². The van der Waals surface area contributed by atoms with E-state index in [0.717, 1.165) is 0 Å². The van der Waals surface area contributed by atoms with Crippen LogP contribution in [-0.4, -0.2) is 23.2 Å². The second-order valence-electron chi connectivity index (χ2n) is 3.46. The number of ether oxygens (including phenoxy) is 1. The average molecular weight is 251 g/mol. The third kappa shape index (κ3) is 3.95. The summed E-state index contributed by atoms with van der Waals surface area (Å²) in [6.07, 6.45) is 1.50. The van der Waals surface area contributed by atoms with Gasteiger partial charge in [-0.2, -0.15) is 0 Å². The van der Waals surface area contributed by atoms with E-state index in [-0.39, 0.29) is 24.3 Å². The fourth-order valence-electron chi connectivity index (χ4n) is 1.20. The number of nitro benzene ring substituents is 1. The Kier molecular flexibility index (Phi) is 4.94. The van der Waals surface area contributed by atoms with E-state index in [1.165, 1.54) is 30.6 Å². The summed E-state index contributed by atoms with van der Waals surface area (Å²) in [6, 6.07) is 4.67. The maximum absolute atomic E-state index is 11.4. The van der Waals surface area contributed by atoms with Crippen molar-refractivity contribution in [1.82, 2.24) is 0 Å². The fourth-order valence-corrected chi connectivity index (χ4v) is 1.20. The molecule has 0 amide bonds. The number of benzene rings is 1. The first-order chi connectivity index (χ1) is 8.54. The van der Waals surface area contributed by atoms with Gasteiger partial charge < -0.3 is 10.5 Å². The summed E-state index contributed by atoms with van der Waals surface area (Å²) < 4.78 is 4.84. The van der Waals surface area contributed by atoms with Crippen molar-refractivity contribution in [2.45, 2.75) is 18.9 Å². The Morgan fingerprint density at radius 3 is 2.78 bits per heavy atom. The molecule has 2 N–H and O–H groups in total. The minimum atomic E-state index is -0.858. The first kappa shape index (κ1) is 13.8. The van der Waals surface area contributed by atoms with E-state index >= 15 is 0 Å². The molecular formula is C11H11N2O5. The predicted octanol–water partition coefficient (Wildman–Crippen LogP) is 0.717. The molecule has 7 nitrogen and oxygen atoms in total. The van der Waals surface area contributed by atoms with E-state index in [0.29, 0.717) is 0 Å². The monoisotopic (exact) mass is 251 g/mol. The van der Waals surface area contributed by atoms with Gasteiger partial charge in [-0.25, -0.2) is 0 Å². The highest BCUT2D eigenvalue weighted by molar-refractivity contribution is 5.74. The number of nitrogens with zero attached hydrogens (tertiary/aromatic N) is 1. The number of hydrogen-bond donors (Lipinski definition) is 1. The van der Waals surface area contributed by atoms with Crippen molar-refractivity contribution in [3.8, 4) is 5.75 Å². The molecular weight excluding hydrogens is 240 g/mol. The third-order valence-corrected chi connectivity index (χ3v) is 2.10. The maximum Gasteiger partial charge on any atom is 0.311 e. The van der Waals surface area contributed by atoms with Crippen LogP contribution in [0.15, 0.2) is 24.3 Å². The normalized spacial score (nSPS) is 11.6. The Morgan fingerprint density at radius 2 is 2.17 bits per heavy atom. The summed E-state index contributed by atoms with van der Waals surface area (Å²) in [6.45, 7) is 0. The van der Waals surface area contributed by atoms with Crippen molar-refractivity contribution in [1.29, 1.82) is 0 Å². The van der Waals surface area contributed by atoms with Gasteiger partial charge >= 0.3 is 11.7 Å². The van der Waals surface area contributed by atoms with Gasteiger partial charge in [-0.05, 0) is 12.5 Å². The summed E-state index contributed by atoms with van der Waals surface area (Å²) >= 11 is 0. The van der Waals surface area contributed by atoms with E-state index in [2.05, 4.69) is 0 Å². The number of nitrogens with two attached hydrogens (primary N) is 1. The quantitative estimate of drug-likeness (QED) is 0.345. The Balaban J connectivity index is 2.64. The largest absolute Gasteiger partial charge is 0.419 e. The van der Waals surface area contributed by atoms with Gasteiger partial charge in [-0.3, -0.25) is 19.7 Å².